The third kappa shape index (κ3) is 8.12. The molecule has 0 saturated heterocycles. The van der Waals surface area contributed by atoms with Crippen molar-refractivity contribution >= 4 is 33.7 Å². The Bertz CT molecular complexity index is 2260. The first kappa shape index (κ1) is 35.9. The van der Waals surface area contributed by atoms with Crippen LogP contribution in [0.2, 0.25) is 0 Å². The number of rotatable bonds is 13. The maximum atomic E-state index is 12.7. The van der Waals surface area contributed by atoms with Gasteiger partial charge in [-0.15, -0.1) is 0 Å². The first-order valence-electron chi connectivity index (χ1n) is 18.4. The number of aryl methyl sites for hydroxylation is 2. The quantitative estimate of drug-likeness (QED) is 0.0706. The molecule has 4 aromatic carbocycles. The Morgan fingerprint density at radius 2 is 1.75 bits per heavy atom. The number of nitrogens with zero attached hydrogens (tertiary/aromatic N) is 3. The van der Waals surface area contributed by atoms with Crippen molar-refractivity contribution in [2.24, 2.45) is 5.73 Å². The summed E-state index contributed by atoms with van der Waals surface area (Å²) in [5, 5.41) is 35.4. The lowest BCUT2D eigenvalue weighted by molar-refractivity contribution is 0.176. The van der Waals surface area contributed by atoms with E-state index < -0.39 is 12.2 Å². The number of fused-ring (bicyclic) bond motifs is 2. The Morgan fingerprint density at radius 3 is 2.55 bits per heavy atom. The van der Waals surface area contributed by atoms with Gasteiger partial charge in [-0.3, -0.25) is 9.69 Å². The number of nitrogens with one attached hydrogen (secondary N) is 2. The van der Waals surface area contributed by atoms with Gasteiger partial charge in [-0.1, -0.05) is 54.6 Å². The van der Waals surface area contributed by atoms with Gasteiger partial charge in [0.15, 0.2) is 0 Å². The topological polar surface area (TPSA) is 170 Å². The molecular formula is C42H46N6O5. The number of aliphatic hydroxyl groups is 1. The number of aromatic amines is 1. The predicted octanol–water partition coefficient (Wildman–Crippen LogP) is 6.85. The molecule has 2 heterocycles. The van der Waals surface area contributed by atoms with Gasteiger partial charge in [0.05, 0.1) is 34.7 Å². The van der Waals surface area contributed by atoms with Gasteiger partial charge >= 0.3 is 6.09 Å². The number of phenolic OH excluding ortho intramolecular Hbond substituents is 1. The molecule has 6 aromatic rings. The lowest BCUT2D eigenvalue weighted by atomic mass is 9.89. The van der Waals surface area contributed by atoms with Crippen molar-refractivity contribution in [2.75, 3.05) is 11.4 Å². The summed E-state index contributed by atoms with van der Waals surface area (Å²) >= 11 is 0. The summed E-state index contributed by atoms with van der Waals surface area (Å²) in [6.07, 6.45) is 5.98. The summed E-state index contributed by atoms with van der Waals surface area (Å²) in [6.45, 7) is 1.63. The highest BCUT2D eigenvalue weighted by Crippen LogP contribution is 2.37. The van der Waals surface area contributed by atoms with Gasteiger partial charge in [0, 0.05) is 48.7 Å². The number of nitrogens with two attached hydrogens (primary N) is 1. The minimum Gasteiger partial charge on any atom is -0.506 e. The van der Waals surface area contributed by atoms with Crippen LogP contribution in [0.25, 0.3) is 33.1 Å². The van der Waals surface area contributed by atoms with Crippen molar-refractivity contribution in [1.82, 2.24) is 19.9 Å². The number of carboxylic acid groups (broad SMARTS) is 1. The Balaban J connectivity index is 0.966. The number of phenols is 1. The van der Waals surface area contributed by atoms with E-state index in [9.17, 15) is 24.9 Å². The Labute approximate surface area is 307 Å². The summed E-state index contributed by atoms with van der Waals surface area (Å²) in [5.74, 6) is -0.0394. The molecule has 53 heavy (non-hydrogen) atoms. The van der Waals surface area contributed by atoms with E-state index in [1.54, 1.807) is 17.0 Å². The third-order valence-corrected chi connectivity index (χ3v) is 10.5. The van der Waals surface area contributed by atoms with Crippen LogP contribution < -0.4 is 21.5 Å². The Hall–Kier alpha value is -5.49. The summed E-state index contributed by atoms with van der Waals surface area (Å²) in [4.78, 5) is 33.4. The molecular weight excluding hydrogens is 668 g/mol. The average Bonchev–Trinajstić information content (AvgIpc) is 3.57. The summed E-state index contributed by atoms with van der Waals surface area (Å²) in [5.41, 5.74) is 13.5. The minimum absolute atomic E-state index is 0.0394. The van der Waals surface area contributed by atoms with E-state index in [1.807, 2.05) is 36.7 Å². The highest BCUT2D eigenvalue weighted by Gasteiger charge is 2.30. The van der Waals surface area contributed by atoms with Gasteiger partial charge in [-0.25, -0.2) is 9.78 Å². The maximum Gasteiger partial charge on any atom is 0.412 e. The second-order valence-corrected chi connectivity index (χ2v) is 14.1. The molecule has 11 nitrogen and oxygen atoms in total. The van der Waals surface area contributed by atoms with E-state index in [4.69, 9.17) is 5.73 Å². The highest BCUT2D eigenvalue weighted by atomic mass is 16.4. The first-order valence-corrected chi connectivity index (χ1v) is 18.4. The van der Waals surface area contributed by atoms with Gasteiger partial charge < -0.3 is 35.9 Å². The van der Waals surface area contributed by atoms with Crippen LogP contribution in [0.3, 0.4) is 0 Å². The number of unbranched alkanes of at least 4 members (excludes halogenated alkanes) is 1. The number of H-pyrrole nitrogens is 1. The lowest BCUT2D eigenvalue weighted by Gasteiger charge is -2.35. The zero-order chi connectivity index (χ0) is 36.9. The molecule has 0 unspecified atom stereocenters. The van der Waals surface area contributed by atoms with Gasteiger partial charge in [-0.05, 0) is 97.5 Å². The summed E-state index contributed by atoms with van der Waals surface area (Å²) < 4.78 is 2.17. The number of anilines is 1. The molecule has 1 fully saturated rings. The van der Waals surface area contributed by atoms with E-state index in [2.05, 4.69) is 56.3 Å². The highest BCUT2D eigenvalue weighted by molar-refractivity contribution is 5.94. The molecule has 0 bridgehead atoms. The largest absolute Gasteiger partial charge is 0.506 e. The number of benzene rings is 4. The van der Waals surface area contributed by atoms with Crippen molar-refractivity contribution < 1.29 is 20.1 Å². The predicted molar refractivity (Wildman–Crippen MR) is 208 cm³/mol. The van der Waals surface area contributed by atoms with Crippen molar-refractivity contribution in [3.8, 4) is 16.9 Å². The fraction of sp³-hybridized carbons (Fsp3) is 0.310. The van der Waals surface area contributed by atoms with E-state index in [0.717, 1.165) is 90.5 Å². The van der Waals surface area contributed by atoms with Crippen LogP contribution in [-0.4, -0.2) is 54.6 Å². The second kappa shape index (κ2) is 16.0. The van der Waals surface area contributed by atoms with E-state index >= 15 is 0 Å². The van der Waals surface area contributed by atoms with Crippen molar-refractivity contribution in [3.63, 3.8) is 0 Å². The number of aromatic nitrogens is 3. The standard InChI is InChI=1S/C42H46N6O5/c43-30-11-13-31(14-12-30)48(42(52)53)37-23-27(9-15-32(37)29-7-2-1-3-8-29)6-4-5-21-47-26-45-35-22-28(10-18-36(35)47)24-44-25-39(50)33-16-19-38(49)41-34(33)17-20-40(51)46-41/h1-3,7-10,15-20,22-23,26,30-31,39,44,49-50H,4-6,11-14,21,24-25,43H2,(H,46,51)(H,52,53)/t30?,31?,39-/m1/s1. The molecule has 0 aliphatic heterocycles. The molecule has 1 atom stereocenters. The second-order valence-electron chi connectivity index (χ2n) is 14.1. The molecule has 7 N–H and O–H groups in total. The Kier molecular flexibility index (Phi) is 10.9. The lowest BCUT2D eigenvalue weighted by Crippen LogP contribution is -2.44. The molecule has 0 radical (unpaired) electrons. The smallest absolute Gasteiger partial charge is 0.412 e. The zero-order valence-electron chi connectivity index (χ0n) is 29.6. The van der Waals surface area contributed by atoms with E-state index in [-0.39, 0.29) is 29.9 Å². The van der Waals surface area contributed by atoms with Crippen molar-refractivity contribution in [1.29, 1.82) is 0 Å². The van der Waals surface area contributed by atoms with Crippen LogP contribution in [0.5, 0.6) is 5.75 Å². The monoisotopic (exact) mass is 714 g/mol. The fourth-order valence-corrected chi connectivity index (χ4v) is 7.63. The van der Waals surface area contributed by atoms with E-state index in [0.29, 0.717) is 23.0 Å². The van der Waals surface area contributed by atoms with Crippen LogP contribution in [0.1, 0.15) is 61.3 Å². The number of hydrogen-bond acceptors (Lipinski definition) is 7. The van der Waals surface area contributed by atoms with Gasteiger partial charge in [0.25, 0.3) is 0 Å². The Morgan fingerprint density at radius 1 is 0.962 bits per heavy atom. The normalized spacial score (nSPS) is 16.6. The van der Waals surface area contributed by atoms with Crippen LogP contribution in [0.15, 0.2) is 102 Å². The zero-order valence-corrected chi connectivity index (χ0v) is 29.6. The number of amides is 1. The molecule has 11 heteroatoms. The maximum absolute atomic E-state index is 12.7. The molecule has 1 aliphatic carbocycles. The number of pyridine rings is 1. The first-order chi connectivity index (χ1) is 25.7. The van der Waals surface area contributed by atoms with Crippen molar-refractivity contribution in [2.45, 2.75) is 76.2 Å². The minimum atomic E-state index is -0.925. The SMILES string of the molecule is NC1CCC(N(C(=O)O)c2cc(CCCCn3cnc4cc(CNC[C@@H](O)c5ccc(O)c6[nH]c(=O)ccc56)ccc43)ccc2-c2ccccc2)CC1. The van der Waals surface area contributed by atoms with Crippen LogP contribution in [0.4, 0.5) is 10.5 Å². The molecule has 0 spiro atoms. The van der Waals surface area contributed by atoms with E-state index in [1.165, 1.54) is 12.1 Å². The van der Waals surface area contributed by atoms with Crippen LogP contribution in [-0.2, 0) is 19.5 Å². The number of carbonyl (C=O) groups is 1. The average molecular weight is 715 g/mol. The summed E-state index contributed by atoms with van der Waals surface area (Å²) in [6, 6.07) is 28.6. The van der Waals surface area contributed by atoms with Gasteiger partial charge in [0.2, 0.25) is 5.56 Å². The molecule has 1 amide bonds. The number of aromatic hydroxyl groups is 1. The number of aliphatic hydroxyl groups excluding tert-OH is 1. The molecule has 274 valence electrons. The number of hydrogen-bond donors (Lipinski definition) is 6. The molecule has 1 saturated carbocycles. The summed E-state index contributed by atoms with van der Waals surface area (Å²) in [7, 11) is 0. The molecule has 1 aliphatic rings. The molecule has 7 rings (SSSR count). The fourth-order valence-electron chi connectivity index (χ4n) is 7.63. The molecule has 2 aromatic heterocycles. The van der Waals surface area contributed by atoms with Crippen molar-refractivity contribution in [3.05, 3.63) is 124 Å². The van der Waals surface area contributed by atoms with Gasteiger partial charge in [0.1, 0.15) is 5.75 Å². The van der Waals surface area contributed by atoms with Gasteiger partial charge in [-0.2, -0.15) is 0 Å². The van der Waals surface area contributed by atoms with Crippen LogP contribution >= 0.6 is 0 Å². The van der Waals surface area contributed by atoms with Crippen LogP contribution in [0, 0.1) is 0 Å². The number of imidazole rings is 1. The third-order valence-electron chi connectivity index (χ3n) is 10.5.